The monoisotopic (exact) mass is 335 g/mol. The summed E-state index contributed by atoms with van der Waals surface area (Å²) in [5.41, 5.74) is 0.845. The molecule has 2 aromatic rings. The molecule has 23 heavy (non-hydrogen) atoms. The fourth-order valence-electron chi connectivity index (χ4n) is 1.95. The van der Waals surface area contributed by atoms with Crippen LogP contribution in [0.4, 0.5) is 4.39 Å². The quantitative estimate of drug-likeness (QED) is 0.789. The number of carbonyl (C=O) groups is 1. The first-order valence-electron chi connectivity index (χ1n) is 6.99. The molecule has 0 aromatic heterocycles. The Kier molecular flexibility index (Phi) is 6.29. The predicted octanol–water partition coefficient (Wildman–Crippen LogP) is 3.25. The van der Waals surface area contributed by atoms with Crippen molar-refractivity contribution in [3.05, 3.63) is 53.8 Å². The Hall–Kier alpha value is -2.21. The Labute approximate surface area is 139 Å². The van der Waals surface area contributed by atoms with Crippen LogP contribution in [0, 0.1) is 5.82 Å². The molecule has 4 nitrogen and oxygen atoms in total. The second-order valence-electron chi connectivity index (χ2n) is 4.67. The van der Waals surface area contributed by atoms with E-state index in [1.165, 1.54) is 17.8 Å². The average molecular weight is 335 g/mol. The van der Waals surface area contributed by atoms with E-state index in [4.69, 9.17) is 9.47 Å². The van der Waals surface area contributed by atoms with Gasteiger partial charge in [0.2, 0.25) is 5.91 Å². The van der Waals surface area contributed by atoms with Gasteiger partial charge < -0.3 is 14.8 Å². The molecule has 0 heterocycles. The standard InChI is InChI=1S/C17H18FNO3S/c1-21-13-8-7-12(15(9-13)22-2)10-19-17(20)11-23-16-6-4-3-5-14(16)18/h3-9H,10-11H2,1-2H3,(H,19,20). The molecular formula is C17H18FNO3S. The minimum Gasteiger partial charge on any atom is -0.497 e. The van der Waals surface area contributed by atoms with Crippen LogP contribution >= 0.6 is 11.8 Å². The second-order valence-corrected chi connectivity index (χ2v) is 5.69. The zero-order chi connectivity index (χ0) is 16.7. The van der Waals surface area contributed by atoms with Gasteiger partial charge in [0.15, 0.2) is 0 Å². The Morgan fingerprint density at radius 2 is 1.96 bits per heavy atom. The number of carbonyl (C=O) groups excluding carboxylic acids is 1. The fourth-order valence-corrected chi connectivity index (χ4v) is 2.72. The molecule has 2 rings (SSSR count). The minimum absolute atomic E-state index is 0.152. The number of hydrogen-bond acceptors (Lipinski definition) is 4. The summed E-state index contributed by atoms with van der Waals surface area (Å²) in [5, 5.41) is 2.80. The highest BCUT2D eigenvalue weighted by Gasteiger charge is 2.09. The van der Waals surface area contributed by atoms with Gasteiger partial charge in [0.1, 0.15) is 17.3 Å². The molecule has 1 amide bonds. The van der Waals surface area contributed by atoms with Crippen molar-refractivity contribution in [2.24, 2.45) is 0 Å². The van der Waals surface area contributed by atoms with Crippen LogP contribution in [0.25, 0.3) is 0 Å². The molecule has 0 fully saturated rings. The van der Waals surface area contributed by atoms with Crippen LogP contribution in [0.5, 0.6) is 11.5 Å². The first-order chi connectivity index (χ1) is 11.1. The van der Waals surface area contributed by atoms with Crippen molar-refractivity contribution in [1.29, 1.82) is 0 Å². The summed E-state index contributed by atoms with van der Waals surface area (Å²) >= 11 is 1.17. The molecule has 0 saturated heterocycles. The lowest BCUT2D eigenvalue weighted by Gasteiger charge is -2.11. The Bertz CT molecular complexity index is 679. The van der Waals surface area contributed by atoms with E-state index in [0.717, 1.165) is 5.56 Å². The van der Waals surface area contributed by atoms with Crippen LogP contribution < -0.4 is 14.8 Å². The molecule has 0 radical (unpaired) electrons. The molecule has 0 aliphatic rings. The van der Waals surface area contributed by atoms with E-state index in [1.807, 2.05) is 6.07 Å². The van der Waals surface area contributed by atoms with Crippen LogP contribution in [0.1, 0.15) is 5.56 Å². The molecular weight excluding hydrogens is 317 g/mol. The zero-order valence-electron chi connectivity index (χ0n) is 13.0. The number of benzene rings is 2. The fraction of sp³-hybridized carbons (Fsp3) is 0.235. The van der Waals surface area contributed by atoms with Gasteiger partial charge >= 0.3 is 0 Å². The van der Waals surface area contributed by atoms with Gasteiger partial charge in [-0.2, -0.15) is 0 Å². The third-order valence-electron chi connectivity index (χ3n) is 3.17. The van der Waals surface area contributed by atoms with Crippen LogP contribution in [0.15, 0.2) is 47.4 Å². The van der Waals surface area contributed by atoms with Crippen molar-refractivity contribution in [3.63, 3.8) is 0 Å². The number of thioether (sulfide) groups is 1. The van der Waals surface area contributed by atoms with Crippen LogP contribution in [0.2, 0.25) is 0 Å². The van der Waals surface area contributed by atoms with Crippen molar-refractivity contribution < 1.29 is 18.7 Å². The molecule has 0 aliphatic carbocycles. The third-order valence-corrected chi connectivity index (χ3v) is 4.21. The molecule has 0 saturated carbocycles. The van der Waals surface area contributed by atoms with Crippen molar-refractivity contribution in [3.8, 4) is 11.5 Å². The van der Waals surface area contributed by atoms with E-state index in [2.05, 4.69) is 5.32 Å². The molecule has 1 N–H and O–H groups in total. The van der Waals surface area contributed by atoms with E-state index in [1.54, 1.807) is 44.6 Å². The third kappa shape index (κ3) is 4.89. The van der Waals surface area contributed by atoms with E-state index < -0.39 is 0 Å². The molecule has 2 aromatic carbocycles. The maximum absolute atomic E-state index is 13.5. The highest BCUT2D eigenvalue weighted by Crippen LogP contribution is 2.24. The van der Waals surface area contributed by atoms with Gasteiger partial charge in [-0.1, -0.05) is 12.1 Å². The topological polar surface area (TPSA) is 47.6 Å². The van der Waals surface area contributed by atoms with E-state index in [9.17, 15) is 9.18 Å². The molecule has 0 bridgehead atoms. The largest absolute Gasteiger partial charge is 0.497 e. The van der Waals surface area contributed by atoms with Crippen molar-refractivity contribution in [1.82, 2.24) is 5.32 Å². The summed E-state index contributed by atoms with van der Waals surface area (Å²) in [6.45, 7) is 0.337. The summed E-state index contributed by atoms with van der Waals surface area (Å²) < 4.78 is 23.9. The Balaban J connectivity index is 1.88. The second kappa shape index (κ2) is 8.43. The van der Waals surface area contributed by atoms with Gasteiger partial charge in [0, 0.05) is 23.1 Å². The first kappa shape index (κ1) is 17.1. The summed E-state index contributed by atoms with van der Waals surface area (Å²) in [6, 6.07) is 11.8. The van der Waals surface area contributed by atoms with E-state index in [0.29, 0.717) is 22.9 Å². The summed E-state index contributed by atoms with van der Waals surface area (Å²) in [7, 11) is 3.14. The van der Waals surface area contributed by atoms with Gasteiger partial charge in [-0.3, -0.25) is 4.79 Å². The first-order valence-corrected chi connectivity index (χ1v) is 7.97. The zero-order valence-corrected chi connectivity index (χ0v) is 13.8. The van der Waals surface area contributed by atoms with Crippen LogP contribution in [-0.4, -0.2) is 25.9 Å². The van der Waals surface area contributed by atoms with Crippen molar-refractivity contribution in [2.75, 3.05) is 20.0 Å². The minimum atomic E-state index is -0.317. The van der Waals surface area contributed by atoms with Gasteiger partial charge in [-0.15, -0.1) is 11.8 Å². The molecule has 6 heteroatoms. The smallest absolute Gasteiger partial charge is 0.230 e. The number of halogens is 1. The van der Waals surface area contributed by atoms with Crippen LogP contribution in [-0.2, 0) is 11.3 Å². The molecule has 122 valence electrons. The summed E-state index contributed by atoms with van der Waals surface area (Å²) in [5.74, 6) is 0.996. The summed E-state index contributed by atoms with van der Waals surface area (Å²) in [6.07, 6.45) is 0. The number of amides is 1. The van der Waals surface area contributed by atoms with Gasteiger partial charge in [-0.05, 0) is 24.3 Å². The molecule has 0 atom stereocenters. The number of methoxy groups -OCH3 is 2. The lowest BCUT2D eigenvalue weighted by molar-refractivity contribution is -0.118. The van der Waals surface area contributed by atoms with Crippen molar-refractivity contribution in [2.45, 2.75) is 11.4 Å². The highest BCUT2D eigenvalue weighted by atomic mass is 32.2. The number of ether oxygens (including phenoxy) is 2. The Morgan fingerprint density at radius 3 is 2.65 bits per heavy atom. The maximum atomic E-state index is 13.5. The number of rotatable bonds is 7. The van der Waals surface area contributed by atoms with Gasteiger partial charge in [0.25, 0.3) is 0 Å². The van der Waals surface area contributed by atoms with Crippen LogP contribution in [0.3, 0.4) is 0 Å². The van der Waals surface area contributed by atoms with E-state index >= 15 is 0 Å². The van der Waals surface area contributed by atoms with E-state index in [-0.39, 0.29) is 17.5 Å². The van der Waals surface area contributed by atoms with Gasteiger partial charge in [-0.25, -0.2) is 4.39 Å². The SMILES string of the molecule is COc1ccc(CNC(=O)CSc2ccccc2F)c(OC)c1. The maximum Gasteiger partial charge on any atom is 0.230 e. The predicted molar refractivity (Wildman–Crippen MR) is 88.5 cm³/mol. The lowest BCUT2D eigenvalue weighted by atomic mass is 10.2. The average Bonchev–Trinajstić information content (AvgIpc) is 2.59. The normalized spacial score (nSPS) is 10.2. The Morgan fingerprint density at radius 1 is 1.17 bits per heavy atom. The molecule has 0 aliphatic heterocycles. The molecule has 0 spiro atoms. The van der Waals surface area contributed by atoms with Crippen molar-refractivity contribution >= 4 is 17.7 Å². The number of nitrogens with one attached hydrogen (secondary N) is 1. The summed E-state index contributed by atoms with van der Waals surface area (Å²) in [4.78, 5) is 12.4. The lowest BCUT2D eigenvalue weighted by Crippen LogP contribution is -2.24. The number of hydrogen-bond donors (Lipinski definition) is 1. The molecule has 0 unspecified atom stereocenters. The highest BCUT2D eigenvalue weighted by molar-refractivity contribution is 8.00. The van der Waals surface area contributed by atoms with Gasteiger partial charge in [0.05, 0.1) is 20.0 Å².